The van der Waals surface area contributed by atoms with Crippen LogP contribution in [0.1, 0.15) is 17.8 Å². The van der Waals surface area contributed by atoms with Crippen LogP contribution in [0.25, 0.3) is 0 Å². The van der Waals surface area contributed by atoms with Crippen LogP contribution in [0.2, 0.25) is 5.02 Å². The highest BCUT2D eigenvalue weighted by Crippen LogP contribution is 2.26. The summed E-state index contributed by atoms with van der Waals surface area (Å²) in [4.78, 5) is 3.68. The minimum atomic E-state index is -2.61. The molecule has 2 nitrogen and oxygen atoms in total. The van der Waals surface area contributed by atoms with Crippen LogP contribution in [0.4, 0.5) is 8.78 Å². The average Bonchev–Trinajstić information content (AvgIpc) is 2.09. The summed E-state index contributed by atoms with van der Waals surface area (Å²) >= 11 is 7.63. The van der Waals surface area contributed by atoms with Gasteiger partial charge in [0.25, 0.3) is 6.43 Å². The maximum atomic E-state index is 12.2. The Morgan fingerprint density at radius 2 is 2.23 bits per heavy atom. The van der Waals surface area contributed by atoms with E-state index in [1.54, 1.807) is 0 Å². The summed E-state index contributed by atoms with van der Waals surface area (Å²) in [7, 11) is 0. The van der Waals surface area contributed by atoms with Gasteiger partial charge in [-0.1, -0.05) is 11.6 Å². The number of hydrogen-bond acceptors (Lipinski definition) is 2. The fraction of sp³-hybridized carbons (Fsp3) is 0.286. The van der Waals surface area contributed by atoms with E-state index in [-0.39, 0.29) is 17.3 Å². The number of halogens is 4. The SMILES string of the molecule is NCc1nc(C(F)F)cc(Cl)c1I. The van der Waals surface area contributed by atoms with E-state index in [9.17, 15) is 8.78 Å². The molecule has 2 N–H and O–H groups in total. The molecule has 0 unspecified atom stereocenters. The second kappa shape index (κ2) is 4.47. The quantitative estimate of drug-likeness (QED) is 0.852. The lowest BCUT2D eigenvalue weighted by Crippen LogP contribution is -2.05. The van der Waals surface area contributed by atoms with Gasteiger partial charge in [-0.15, -0.1) is 0 Å². The number of nitrogens with two attached hydrogens (primary N) is 1. The number of aromatic nitrogens is 1. The van der Waals surface area contributed by atoms with E-state index in [1.807, 2.05) is 22.6 Å². The van der Waals surface area contributed by atoms with Crippen molar-refractivity contribution in [3.05, 3.63) is 26.0 Å². The number of hydrogen-bond donors (Lipinski definition) is 1. The highest BCUT2D eigenvalue weighted by atomic mass is 127. The number of rotatable bonds is 2. The van der Waals surface area contributed by atoms with Gasteiger partial charge in [-0.2, -0.15) is 0 Å². The molecular formula is C7H6ClF2IN2. The van der Waals surface area contributed by atoms with Crippen molar-refractivity contribution in [3.8, 4) is 0 Å². The predicted octanol–water partition coefficient (Wildman–Crippen LogP) is 2.74. The van der Waals surface area contributed by atoms with Gasteiger partial charge in [0.05, 0.1) is 14.3 Å². The molecule has 0 bridgehead atoms. The van der Waals surface area contributed by atoms with Crippen LogP contribution in [0.15, 0.2) is 6.07 Å². The lowest BCUT2D eigenvalue weighted by atomic mass is 10.3. The summed E-state index contributed by atoms with van der Waals surface area (Å²) in [6.07, 6.45) is -2.61. The molecule has 1 aromatic heterocycles. The Morgan fingerprint density at radius 1 is 1.62 bits per heavy atom. The Kier molecular flexibility index (Phi) is 3.81. The Labute approximate surface area is 92.6 Å². The summed E-state index contributed by atoms with van der Waals surface area (Å²) in [6, 6.07) is 1.16. The molecule has 0 aliphatic heterocycles. The molecule has 1 heterocycles. The molecule has 0 aliphatic carbocycles. The topological polar surface area (TPSA) is 38.9 Å². The maximum Gasteiger partial charge on any atom is 0.280 e. The van der Waals surface area contributed by atoms with Crippen molar-refractivity contribution in [2.24, 2.45) is 5.73 Å². The lowest BCUT2D eigenvalue weighted by Gasteiger charge is -2.06. The van der Waals surface area contributed by atoms with Crippen molar-refractivity contribution in [3.63, 3.8) is 0 Å². The van der Waals surface area contributed by atoms with Gasteiger partial charge in [-0.25, -0.2) is 13.8 Å². The first-order valence-corrected chi connectivity index (χ1v) is 4.85. The molecule has 0 radical (unpaired) electrons. The Bertz CT molecular complexity index is 320. The molecule has 0 atom stereocenters. The zero-order valence-electron chi connectivity index (χ0n) is 6.40. The molecule has 0 aromatic carbocycles. The van der Waals surface area contributed by atoms with E-state index in [2.05, 4.69) is 4.98 Å². The van der Waals surface area contributed by atoms with Gasteiger partial charge in [0.2, 0.25) is 0 Å². The standard InChI is InChI=1S/C7H6ClF2IN2/c8-3-1-4(7(9)10)13-5(2-12)6(3)11/h1,7H,2,12H2. The summed E-state index contributed by atoms with van der Waals surface area (Å²) in [5.41, 5.74) is 5.40. The Hall–Kier alpha value is -0.0100. The number of alkyl halides is 2. The first kappa shape index (κ1) is 11.1. The highest BCUT2D eigenvalue weighted by Gasteiger charge is 2.14. The molecule has 72 valence electrons. The van der Waals surface area contributed by atoms with Gasteiger partial charge in [-0.05, 0) is 28.7 Å². The molecule has 0 spiro atoms. The molecule has 0 saturated carbocycles. The predicted molar refractivity (Wildman–Crippen MR) is 54.8 cm³/mol. The maximum absolute atomic E-state index is 12.2. The van der Waals surface area contributed by atoms with Crippen LogP contribution < -0.4 is 5.73 Å². The van der Waals surface area contributed by atoms with Gasteiger partial charge in [-0.3, -0.25) is 0 Å². The lowest BCUT2D eigenvalue weighted by molar-refractivity contribution is 0.146. The van der Waals surface area contributed by atoms with Crippen LogP contribution >= 0.6 is 34.2 Å². The van der Waals surface area contributed by atoms with Gasteiger partial charge in [0.1, 0.15) is 5.69 Å². The molecular weight excluding hydrogens is 312 g/mol. The second-order valence-electron chi connectivity index (χ2n) is 2.29. The van der Waals surface area contributed by atoms with Gasteiger partial charge in [0, 0.05) is 6.54 Å². The number of pyridine rings is 1. The average molecular weight is 318 g/mol. The van der Waals surface area contributed by atoms with E-state index in [4.69, 9.17) is 17.3 Å². The third-order valence-corrected chi connectivity index (χ3v) is 3.24. The Morgan fingerprint density at radius 3 is 2.69 bits per heavy atom. The van der Waals surface area contributed by atoms with Crippen LogP contribution in [0.5, 0.6) is 0 Å². The van der Waals surface area contributed by atoms with E-state index in [0.29, 0.717) is 9.26 Å². The molecule has 0 fully saturated rings. The molecule has 0 amide bonds. The van der Waals surface area contributed by atoms with Gasteiger partial charge < -0.3 is 5.73 Å². The van der Waals surface area contributed by atoms with Crippen LogP contribution in [-0.4, -0.2) is 4.98 Å². The molecule has 6 heteroatoms. The van der Waals surface area contributed by atoms with Crippen LogP contribution in [0.3, 0.4) is 0 Å². The van der Waals surface area contributed by atoms with Crippen LogP contribution in [-0.2, 0) is 6.54 Å². The van der Waals surface area contributed by atoms with Crippen molar-refractivity contribution >= 4 is 34.2 Å². The summed E-state index contributed by atoms with van der Waals surface area (Å²) in [6.45, 7) is 0.110. The van der Waals surface area contributed by atoms with Crippen molar-refractivity contribution in [2.45, 2.75) is 13.0 Å². The minimum absolute atomic E-state index is 0.110. The molecule has 1 rings (SSSR count). The van der Waals surface area contributed by atoms with E-state index >= 15 is 0 Å². The molecule has 0 saturated heterocycles. The van der Waals surface area contributed by atoms with Gasteiger partial charge in [0.15, 0.2) is 0 Å². The van der Waals surface area contributed by atoms with E-state index in [0.717, 1.165) is 6.07 Å². The first-order valence-electron chi connectivity index (χ1n) is 3.39. The number of nitrogens with zero attached hydrogens (tertiary/aromatic N) is 1. The van der Waals surface area contributed by atoms with Crippen molar-refractivity contribution in [1.82, 2.24) is 4.98 Å². The molecule has 1 aromatic rings. The summed E-state index contributed by atoms with van der Waals surface area (Å²) in [5, 5.41) is 0.270. The fourth-order valence-corrected chi connectivity index (χ4v) is 1.53. The largest absolute Gasteiger partial charge is 0.325 e. The zero-order valence-corrected chi connectivity index (χ0v) is 9.31. The monoisotopic (exact) mass is 318 g/mol. The fourth-order valence-electron chi connectivity index (χ4n) is 0.815. The molecule has 13 heavy (non-hydrogen) atoms. The summed E-state index contributed by atoms with van der Waals surface area (Å²) in [5.74, 6) is 0. The van der Waals surface area contributed by atoms with Crippen molar-refractivity contribution in [1.29, 1.82) is 0 Å². The van der Waals surface area contributed by atoms with E-state index < -0.39 is 6.43 Å². The highest BCUT2D eigenvalue weighted by molar-refractivity contribution is 14.1. The third-order valence-electron chi connectivity index (χ3n) is 1.42. The van der Waals surface area contributed by atoms with Crippen molar-refractivity contribution < 1.29 is 8.78 Å². The normalized spacial score (nSPS) is 10.9. The smallest absolute Gasteiger partial charge is 0.280 e. The van der Waals surface area contributed by atoms with Crippen molar-refractivity contribution in [2.75, 3.05) is 0 Å². The van der Waals surface area contributed by atoms with Crippen LogP contribution in [0, 0.1) is 3.57 Å². The van der Waals surface area contributed by atoms with Gasteiger partial charge >= 0.3 is 0 Å². The van der Waals surface area contributed by atoms with E-state index in [1.165, 1.54) is 0 Å². The minimum Gasteiger partial charge on any atom is -0.325 e. The zero-order chi connectivity index (χ0) is 10.0. The molecule has 0 aliphatic rings. The second-order valence-corrected chi connectivity index (χ2v) is 3.78. The third kappa shape index (κ3) is 2.47. The Balaban J connectivity index is 3.22. The first-order chi connectivity index (χ1) is 6.06. The summed E-state index contributed by atoms with van der Waals surface area (Å²) < 4.78 is 25.1.